The normalized spacial score (nSPS) is 13.7. The molecule has 1 aromatic carbocycles. The molecular weight excluding hydrogens is 258 g/mol. The number of hydrogen-bond acceptors (Lipinski definition) is 3. The number of nitrogens with two attached hydrogens (primary N) is 1. The summed E-state index contributed by atoms with van der Waals surface area (Å²) in [6, 6.07) is 8.99. The Hall–Kier alpha value is -0.900. The molecule has 0 saturated carbocycles. The molecule has 0 fully saturated rings. The molecule has 0 aliphatic rings. The number of rotatable bonds is 9. The van der Waals surface area contributed by atoms with Crippen LogP contribution in [0.15, 0.2) is 24.3 Å². The summed E-state index contributed by atoms with van der Waals surface area (Å²) in [5.41, 5.74) is 5.85. The van der Waals surface area contributed by atoms with Crippen LogP contribution in [0.3, 0.4) is 0 Å². The van der Waals surface area contributed by atoms with Gasteiger partial charge in [-0.2, -0.15) is 0 Å². The van der Waals surface area contributed by atoms with Gasteiger partial charge in [-0.1, -0.05) is 58.9 Å². The minimum absolute atomic E-state index is 0.0601. The van der Waals surface area contributed by atoms with Crippen LogP contribution in [0.2, 0.25) is 0 Å². The summed E-state index contributed by atoms with van der Waals surface area (Å²) in [5, 5.41) is 0. The Morgan fingerprint density at radius 3 is 2.14 bits per heavy atom. The molecule has 1 unspecified atom stereocenters. The number of nitrogens with one attached hydrogen (secondary N) is 1. The van der Waals surface area contributed by atoms with Crippen molar-refractivity contribution < 1.29 is 0 Å². The first kappa shape index (κ1) is 18.1. The standard InChI is InChI=1S/C18H33N3/c1-6-15-12-11-13-16(14-15)17(20-19)18(7-2,8-3)21(9-4)10-5/h11-14,17,20H,6-10,19H2,1-5H3. The van der Waals surface area contributed by atoms with E-state index in [1.54, 1.807) is 0 Å². The second-order valence-corrected chi connectivity index (χ2v) is 5.68. The van der Waals surface area contributed by atoms with Gasteiger partial charge in [0.25, 0.3) is 0 Å². The van der Waals surface area contributed by atoms with E-state index in [1.165, 1.54) is 11.1 Å². The van der Waals surface area contributed by atoms with E-state index < -0.39 is 0 Å². The molecule has 0 aliphatic heterocycles. The topological polar surface area (TPSA) is 41.3 Å². The van der Waals surface area contributed by atoms with Crippen molar-refractivity contribution in [2.45, 2.75) is 65.5 Å². The van der Waals surface area contributed by atoms with Gasteiger partial charge in [0, 0.05) is 5.54 Å². The van der Waals surface area contributed by atoms with Gasteiger partial charge in [0.2, 0.25) is 0 Å². The molecule has 0 heterocycles. The highest BCUT2D eigenvalue weighted by Crippen LogP contribution is 2.37. The lowest BCUT2D eigenvalue weighted by molar-refractivity contribution is 0.0487. The first-order valence-electron chi connectivity index (χ1n) is 8.43. The predicted octanol–water partition coefficient (Wildman–Crippen LogP) is 3.65. The molecule has 3 N–H and O–H groups in total. The van der Waals surface area contributed by atoms with Crippen molar-refractivity contribution in [3.63, 3.8) is 0 Å². The molecule has 0 saturated heterocycles. The largest absolute Gasteiger partial charge is 0.296 e. The summed E-state index contributed by atoms with van der Waals surface area (Å²) in [6.45, 7) is 13.3. The minimum Gasteiger partial charge on any atom is -0.296 e. The van der Waals surface area contributed by atoms with Crippen LogP contribution in [-0.4, -0.2) is 23.5 Å². The molecule has 1 rings (SSSR count). The Bertz CT molecular complexity index is 409. The van der Waals surface area contributed by atoms with Gasteiger partial charge >= 0.3 is 0 Å². The van der Waals surface area contributed by atoms with E-state index in [9.17, 15) is 0 Å². The van der Waals surface area contributed by atoms with Crippen molar-refractivity contribution in [1.29, 1.82) is 0 Å². The summed E-state index contributed by atoms with van der Waals surface area (Å²) in [4.78, 5) is 2.55. The highest BCUT2D eigenvalue weighted by atomic mass is 15.3. The van der Waals surface area contributed by atoms with Gasteiger partial charge in [-0.15, -0.1) is 0 Å². The Labute approximate surface area is 130 Å². The number of hydrazine groups is 1. The number of nitrogens with zero attached hydrogens (tertiary/aromatic N) is 1. The van der Waals surface area contributed by atoms with Crippen molar-refractivity contribution in [2.75, 3.05) is 13.1 Å². The zero-order valence-electron chi connectivity index (χ0n) is 14.4. The Morgan fingerprint density at radius 2 is 1.71 bits per heavy atom. The molecule has 0 bridgehead atoms. The Kier molecular flexibility index (Phi) is 7.36. The molecule has 3 heteroatoms. The van der Waals surface area contributed by atoms with E-state index in [2.05, 4.69) is 69.2 Å². The van der Waals surface area contributed by atoms with Gasteiger partial charge in [-0.05, 0) is 43.5 Å². The molecule has 120 valence electrons. The van der Waals surface area contributed by atoms with Gasteiger partial charge in [-0.25, -0.2) is 0 Å². The lowest BCUT2D eigenvalue weighted by Gasteiger charge is -2.48. The zero-order chi connectivity index (χ0) is 15.9. The van der Waals surface area contributed by atoms with E-state index >= 15 is 0 Å². The predicted molar refractivity (Wildman–Crippen MR) is 92.1 cm³/mol. The van der Waals surface area contributed by atoms with Crippen LogP contribution in [0.5, 0.6) is 0 Å². The Morgan fingerprint density at radius 1 is 1.10 bits per heavy atom. The maximum absolute atomic E-state index is 6.00. The average Bonchev–Trinajstić information content (AvgIpc) is 2.55. The Balaban J connectivity index is 3.29. The summed E-state index contributed by atoms with van der Waals surface area (Å²) >= 11 is 0. The first-order chi connectivity index (χ1) is 10.1. The molecular formula is C18H33N3. The third kappa shape index (κ3) is 3.65. The maximum atomic E-state index is 6.00. The zero-order valence-corrected chi connectivity index (χ0v) is 14.4. The number of likely N-dealkylation sites (N-methyl/N-ethyl adjacent to an activating group) is 1. The van der Waals surface area contributed by atoms with Crippen molar-refractivity contribution in [1.82, 2.24) is 10.3 Å². The quantitative estimate of drug-likeness (QED) is 0.539. The van der Waals surface area contributed by atoms with Gasteiger partial charge < -0.3 is 0 Å². The summed E-state index contributed by atoms with van der Waals surface area (Å²) in [6.07, 6.45) is 3.22. The highest BCUT2D eigenvalue weighted by molar-refractivity contribution is 5.29. The van der Waals surface area contributed by atoms with E-state index in [0.717, 1.165) is 32.4 Å². The molecule has 0 aromatic heterocycles. The van der Waals surface area contributed by atoms with Crippen LogP contribution < -0.4 is 11.3 Å². The second-order valence-electron chi connectivity index (χ2n) is 5.68. The fourth-order valence-corrected chi connectivity index (χ4v) is 3.70. The molecule has 3 nitrogen and oxygen atoms in total. The fourth-order valence-electron chi connectivity index (χ4n) is 3.70. The van der Waals surface area contributed by atoms with Crippen LogP contribution in [-0.2, 0) is 6.42 Å². The molecule has 0 spiro atoms. The maximum Gasteiger partial charge on any atom is 0.0643 e. The van der Waals surface area contributed by atoms with Crippen molar-refractivity contribution in [2.24, 2.45) is 5.84 Å². The average molecular weight is 291 g/mol. The molecule has 1 aromatic rings. The van der Waals surface area contributed by atoms with Crippen molar-refractivity contribution in [3.8, 4) is 0 Å². The smallest absolute Gasteiger partial charge is 0.0643 e. The van der Waals surface area contributed by atoms with E-state index in [1.807, 2.05) is 0 Å². The van der Waals surface area contributed by atoms with Crippen LogP contribution in [0.25, 0.3) is 0 Å². The molecule has 0 radical (unpaired) electrons. The van der Waals surface area contributed by atoms with Crippen LogP contribution in [0.4, 0.5) is 0 Å². The third-order valence-electron chi connectivity index (χ3n) is 5.01. The van der Waals surface area contributed by atoms with Crippen molar-refractivity contribution >= 4 is 0 Å². The monoisotopic (exact) mass is 291 g/mol. The van der Waals surface area contributed by atoms with Gasteiger partial charge in [0.05, 0.1) is 6.04 Å². The van der Waals surface area contributed by atoms with E-state index in [0.29, 0.717) is 0 Å². The van der Waals surface area contributed by atoms with Crippen LogP contribution in [0.1, 0.15) is 64.6 Å². The fraction of sp³-hybridized carbons (Fsp3) is 0.667. The third-order valence-corrected chi connectivity index (χ3v) is 5.01. The lowest BCUT2D eigenvalue weighted by Crippen LogP contribution is -2.57. The molecule has 21 heavy (non-hydrogen) atoms. The SMILES string of the molecule is CCc1cccc(C(NN)C(CC)(CC)N(CC)CC)c1. The van der Waals surface area contributed by atoms with Gasteiger partial charge in [0.15, 0.2) is 0 Å². The molecule has 1 atom stereocenters. The molecule has 0 amide bonds. The lowest BCUT2D eigenvalue weighted by atomic mass is 9.79. The van der Waals surface area contributed by atoms with E-state index in [-0.39, 0.29) is 11.6 Å². The van der Waals surface area contributed by atoms with Gasteiger partial charge in [0.1, 0.15) is 0 Å². The van der Waals surface area contributed by atoms with Gasteiger partial charge in [-0.3, -0.25) is 16.2 Å². The summed E-state index contributed by atoms with van der Waals surface area (Å²) < 4.78 is 0. The highest BCUT2D eigenvalue weighted by Gasteiger charge is 2.40. The van der Waals surface area contributed by atoms with Crippen molar-refractivity contribution in [3.05, 3.63) is 35.4 Å². The number of benzene rings is 1. The van der Waals surface area contributed by atoms with Crippen LogP contribution >= 0.6 is 0 Å². The number of aryl methyl sites for hydroxylation is 1. The summed E-state index contributed by atoms with van der Waals surface area (Å²) in [5.74, 6) is 6.00. The molecule has 0 aliphatic carbocycles. The summed E-state index contributed by atoms with van der Waals surface area (Å²) in [7, 11) is 0. The first-order valence-corrected chi connectivity index (χ1v) is 8.43. The minimum atomic E-state index is 0.0601. The van der Waals surface area contributed by atoms with E-state index in [4.69, 9.17) is 5.84 Å². The number of hydrogen-bond donors (Lipinski definition) is 2. The van der Waals surface area contributed by atoms with Crippen LogP contribution in [0, 0.1) is 0 Å². The second kappa shape index (κ2) is 8.52.